The molecule has 1 rings (SSSR count). The molecule has 0 atom stereocenters. The molecule has 0 bridgehead atoms. The SMILES string of the molecule is COc1cc([N+](=O)[O-])cc(B(O)O)c1OC. The smallest absolute Gasteiger partial charge is 0.492 e. The molecule has 1 aromatic carbocycles. The van der Waals surface area contributed by atoms with Crippen LogP contribution in [-0.2, 0) is 0 Å². The number of non-ortho nitro benzene ring substituents is 1. The Hall–Kier alpha value is -1.80. The van der Waals surface area contributed by atoms with Gasteiger partial charge in [0.15, 0.2) is 11.5 Å². The summed E-state index contributed by atoms with van der Waals surface area (Å²) in [5.74, 6) is 0.128. The standard InChI is InChI=1S/C8H10BNO6/c1-15-7-4-5(10(13)14)3-6(9(11)12)8(7)16-2/h3-4,11-12H,1-2H3. The molecular weight excluding hydrogens is 217 g/mol. The second-order valence-corrected chi connectivity index (χ2v) is 2.90. The van der Waals surface area contributed by atoms with E-state index in [1.54, 1.807) is 0 Å². The van der Waals surface area contributed by atoms with E-state index in [4.69, 9.17) is 19.5 Å². The quantitative estimate of drug-likeness (QED) is 0.400. The van der Waals surface area contributed by atoms with Gasteiger partial charge in [-0.3, -0.25) is 10.1 Å². The Morgan fingerprint density at radius 3 is 2.31 bits per heavy atom. The number of hydrogen-bond acceptors (Lipinski definition) is 6. The van der Waals surface area contributed by atoms with Crippen LogP contribution >= 0.6 is 0 Å². The minimum atomic E-state index is -1.87. The average Bonchev–Trinajstić information content (AvgIpc) is 2.26. The molecule has 0 fully saturated rings. The molecule has 16 heavy (non-hydrogen) atoms. The van der Waals surface area contributed by atoms with Crippen LogP contribution in [0.25, 0.3) is 0 Å². The van der Waals surface area contributed by atoms with E-state index in [2.05, 4.69) is 0 Å². The summed E-state index contributed by atoms with van der Waals surface area (Å²) >= 11 is 0. The van der Waals surface area contributed by atoms with Gasteiger partial charge in [-0.1, -0.05) is 0 Å². The molecule has 0 saturated carbocycles. The van der Waals surface area contributed by atoms with Crippen LogP contribution < -0.4 is 14.9 Å². The first-order valence-electron chi connectivity index (χ1n) is 4.27. The van der Waals surface area contributed by atoms with Gasteiger partial charge < -0.3 is 19.5 Å². The topological polar surface area (TPSA) is 102 Å². The normalized spacial score (nSPS) is 9.75. The predicted molar refractivity (Wildman–Crippen MR) is 56.0 cm³/mol. The van der Waals surface area contributed by atoms with Crippen molar-refractivity contribution in [2.75, 3.05) is 14.2 Å². The fourth-order valence-electron chi connectivity index (χ4n) is 1.28. The molecule has 0 aliphatic heterocycles. The number of nitrogens with zero attached hydrogens (tertiary/aromatic N) is 1. The Morgan fingerprint density at radius 1 is 1.31 bits per heavy atom. The monoisotopic (exact) mass is 227 g/mol. The summed E-state index contributed by atoms with van der Waals surface area (Å²) in [6, 6.07) is 2.16. The molecule has 0 amide bonds. The van der Waals surface area contributed by atoms with Crippen molar-refractivity contribution in [2.24, 2.45) is 0 Å². The highest BCUT2D eigenvalue weighted by Crippen LogP contribution is 2.29. The minimum Gasteiger partial charge on any atom is -0.493 e. The van der Waals surface area contributed by atoms with Crippen molar-refractivity contribution in [1.29, 1.82) is 0 Å². The number of benzene rings is 1. The van der Waals surface area contributed by atoms with Gasteiger partial charge in [-0.25, -0.2) is 0 Å². The number of nitro benzene ring substituents is 1. The zero-order valence-corrected chi connectivity index (χ0v) is 8.71. The third-order valence-electron chi connectivity index (χ3n) is 1.98. The van der Waals surface area contributed by atoms with Crippen molar-refractivity contribution in [3.8, 4) is 11.5 Å². The van der Waals surface area contributed by atoms with Crippen LogP contribution in [0.4, 0.5) is 5.69 Å². The molecule has 0 aliphatic rings. The second-order valence-electron chi connectivity index (χ2n) is 2.90. The van der Waals surface area contributed by atoms with Crippen LogP contribution in [0.15, 0.2) is 12.1 Å². The molecule has 2 N–H and O–H groups in total. The highest BCUT2D eigenvalue weighted by molar-refractivity contribution is 6.60. The van der Waals surface area contributed by atoms with Crippen LogP contribution in [-0.4, -0.2) is 36.3 Å². The van der Waals surface area contributed by atoms with Crippen LogP contribution in [0, 0.1) is 10.1 Å². The number of nitro groups is 1. The lowest BCUT2D eigenvalue weighted by molar-refractivity contribution is -0.384. The zero-order chi connectivity index (χ0) is 12.3. The second kappa shape index (κ2) is 4.82. The van der Waals surface area contributed by atoms with Crippen molar-refractivity contribution in [3.05, 3.63) is 22.2 Å². The maximum Gasteiger partial charge on any atom is 0.492 e. The van der Waals surface area contributed by atoms with Crippen LogP contribution in [0.2, 0.25) is 0 Å². The first-order chi connectivity index (χ1) is 7.51. The summed E-state index contributed by atoms with van der Waals surface area (Å²) in [5, 5.41) is 28.7. The van der Waals surface area contributed by atoms with E-state index in [-0.39, 0.29) is 22.6 Å². The maximum atomic E-state index is 10.6. The predicted octanol–water partition coefficient (Wildman–Crippen LogP) is -0.708. The van der Waals surface area contributed by atoms with E-state index in [9.17, 15) is 10.1 Å². The average molecular weight is 227 g/mol. The largest absolute Gasteiger partial charge is 0.493 e. The number of methoxy groups -OCH3 is 2. The summed E-state index contributed by atoms with van der Waals surface area (Å²) in [5.41, 5.74) is -0.422. The summed E-state index contributed by atoms with van der Waals surface area (Å²) in [6.07, 6.45) is 0. The summed E-state index contributed by atoms with van der Waals surface area (Å²) in [4.78, 5) is 9.93. The Bertz CT molecular complexity index is 408. The van der Waals surface area contributed by atoms with E-state index in [1.165, 1.54) is 14.2 Å². The van der Waals surface area contributed by atoms with Gasteiger partial charge in [-0.05, 0) is 0 Å². The van der Waals surface area contributed by atoms with Crippen molar-refractivity contribution >= 4 is 18.3 Å². The van der Waals surface area contributed by atoms with Crippen LogP contribution in [0.1, 0.15) is 0 Å². The van der Waals surface area contributed by atoms with E-state index >= 15 is 0 Å². The fourth-order valence-corrected chi connectivity index (χ4v) is 1.28. The molecule has 0 aliphatic carbocycles. The van der Waals surface area contributed by atoms with Crippen molar-refractivity contribution in [3.63, 3.8) is 0 Å². The summed E-state index contributed by atoms with van der Waals surface area (Å²) in [7, 11) is 0.730. The fraction of sp³-hybridized carbons (Fsp3) is 0.250. The van der Waals surface area contributed by atoms with Gasteiger partial charge in [0.05, 0.1) is 25.2 Å². The number of hydrogen-bond donors (Lipinski definition) is 2. The molecule has 8 heteroatoms. The van der Waals surface area contributed by atoms with E-state index in [0.717, 1.165) is 12.1 Å². The van der Waals surface area contributed by atoms with Gasteiger partial charge >= 0.3 is 7.12 Å². The van der Waals surface area contributed by atoms with Crippen LogP contribution in [0.5, 0.6) is 11.5 Å². The first kappa shape index (κ1) is 12.3. The van der Waals surface area contributed by atoms with Crippen LogP contribution in [0.3, 0.4) is 0 Å². The van der Waals surface area contributed by atoms with E-state index in [1.807, 2.05) is 0 Å². The van der Waals surface area contributed by atoms with Crippen molar-refractivity contribution in [2.45, 2.75) is 0 Å². The Morgan fingerprint density at radius 2 is 1.94 bits per heavy atom. The third-order valence-corrected chi connectivity index (χ3v) is 1.98. The molecule has 0 heterocycles. The molecular formula is C8H10BNO6. The first-order valence-corrected chi connectivity index (χ1v) is 4.27. The number of ether oxygens (including phenoxy) is 2. The van der Waals surface area contributed by atoms with E-state index in [0.29, 0.717) is 0 Å². The van der Waals surface area contributed by atoms with Crippen molar-refractivity contribution in [1.82, 2.24) is 0 Å². The highest BCUT2D eigenvalue weighted by Gasteiger charge is 2.25. The lowest BCUT2D eigenvalue weighted by Crippen LogP contribution is -2.31. The Labute approximate surface area is 91.5 Å². The summed E-state index contributed by atoms with van der Waals surface area (Å²) in [6.45, 7) is 0. The number of rotatable bonds is 4. The van der Waals surface area contributed by atoms with Gasteiger partial charge in [-0.15, -0.1) is 0 Å². The minimum absolute atomic E-state index is 0.0584. The van der Waals surface area contributed by atoms with Gasteiger partial charge in [0.1, 0.15) is 0 Å². The third kappa shape index (κ3) is 2.23. The van der Waals surface area contributed by atoms with Crippen molar-refractivity contribution < 1.29 is 24.4 Å². The maximum absolute atomic E-state index is 10.6. The van der Waals surface area contributed by atoms with Gasteiger partial charge in [0.25, 0.3) is 5.69 Å². The highest BCUT2D eigenvalue weighted by atomic mass is 16.6. The van der Waals surface area contributed by atoms with Gasteiger partial charge in [-0.2, -0.15) is 0 Å². The molecule has 0 unspecified atom stereocenters. The van der Waals surface area contributed by atoms with Gasteiger partial charge in [0.2, 0.25) is 0 Å². The lowest BCUT2D eigenvalue weighted by atomic mass is 9.79. The molecule has 7 nitrogen and oxygen atoms in total. The zero-order valence-electron chi connectivity index (χ0n) is 8.71. The molecule has 0 radical (unpaired) electrons. The lowest BCUT2D eigenvalue weighted by Gasteiger charge is -2.11. The van der Waals surface area contributed by atoms with Gasteiger partial charge in [0, 0.05) is 11.5 Å². The molecule has 0 saturated heterocycles. The summed E-state index contributed by atoms with van der Waals surface area (Å²) < 4.78 is 9.76. The molecule has 0 spiro atoms. The molecule has 0 aromatic heterocycles. The Kier molecular flexibility index (Phi) is 3.70. The molecule has 86 valence electrons. The Balaban J connectivity index is 3.43. The van der Waals surface area contributed by atoms with E-state index < -0.39 is 12.0 Å². The molecule has 1 aromatic rings.